The molecule has 1 fully saturated rings. The molecule has 0 radical (unpaired) electrons. The zero-order valence-electron chi connectivity index (χ0n) is 12.7. The predicted molar refractivity (Wildman–Crippen MR) is 77.5 cm³/mol. The van der Waals surface area contributed by atoms with Gasteiger partial charge in [0.1, 0.15) is 5.82 Å². The van der Waals surface area contributed by atoms with Crippen molar-refractivity contribution in [3.05, 3.63) is 18.2 Å². The van der Waals surface area contributed by atoms with E-state index < -0.39 is 11.9 Å². The molecule has 2 rings (SSSR count). The molecule has 0 saturated carbocycles. The van der Waals surface area contributed by atoms with Gasteiger partial charge in [0.25, 0.3) is 0 Å². The van der Waals surface area contributed by atoms with Gasteiger partial charge in [0.05, 0.1) is 6.61 Å². The van der Waals surface area contributed by atoms with Crippen LogP contribution in [0.15, 0.2) is 12.4 Å². The van der Waals surface area contributed by atoms with E-state index in [2.05, 4.69) is 16.5 Å². The molecular weight excluding hydrogens is 270 g/mol. The third-order valence-corrected chi connectivity index (χ3v) is 3.92. The lowest BCUT2D eigenvalue weighted by Crippen LogP contribution is -2.43. The number of hydrogen-bond donors (Lipinski definition) is 0. The van der Waals surface area contributed by atoms with Crippen molar-refractivity contribution in [1.82, 2.24) is 14.5 Å². The van der Waals surface area contributed by atoms with E-state index in [-0.39, 0.29) is 6.61 Å². The maximum absolute atomic E-state index is 11.8. The molecule has 0 aliphatic carbocycles. The monoisotopic (exact) mass is 293 g/mol. The van der Waals surface area contributed by atoms with Gasteiger partial charge in [-0.1, -0.05) is 6.92 Å². The van der Waals surface area contributed by atoms with E-state index in [1.807, 2.05) is 12.4 Å². The Morgan fingerprint density at radius 2 is 2.05 bits per heavy atom. The van der Waals surface area contributed by atoms with Gasteiger partial charge in [0.2, 0.25) is 0 Å². The normalized spacial score (nSPS) is 16.0. The zero-order valence-corrected chi connectivity index (χ0v) is 12.7. The lowest BCUT2D eigenvalue weighted by molar-refractivity contribution is -0.160. The van der Waals surface area contributed by atoms with Crippen molar-refractivity contribution in [2.45, 2.75) is 39.7 Å². The van der Waals surface area contributed by atoms with E-state index in [4.69, 9.17) is 4.74 Å². The summed E-state index contributed by atoms with van der Waals surface area (Å²) in [4.78, 5) is 29.2. The van der Waals surface area contributed by atoms with Gasteiger partial charge in [-0.05, 0) is 25.7 Å². The first-order valence-electron chi connectivity index (χ1n) is 7.61. The molecule has 21 heavy (non-hydrogen) atoms. The van der Waals surface area contributed by atoms with Crippen molar-refractivity contribution in [2.75, 3.05) is 19.7 Å². The van der Waals surface area contributed by atoms with Gasteiger partial charge in [-0.2, -0.15) is 0 Å². The molecule has 1 amide bonds. The molecule has 0 aromatic carbocycles. The smallest absolute Gasteiger partial charge is 0.397 e. The van der Waals surface area contributed by atoms with Gasteiger partial charge in [-0.3, -0.25) is 4.79 Å². The van der Waals surface area contributed by atoms with E-state index in [1.165, 1.54) is 0 Å². The van der Waals surface area contributed by atoms with E-state index >= 15 is 0 Å². The second-order valence-corrected chi connectivity index (χ2v) is 5.31. The minimum atomic E-state index is -0.737. The summed E-state index contributed by atoms with van der Waals surface area (Å²) in [6.07, 6.45) is 6.58. The summed E-state index contributed by atoms with van der Waals surface area (Å²) in [5, 5.41) is 0. The third kappa shape index (κ3) is 3.83. The number of piperidine rings is 1. The lowest BCUT2D eigenvalue weighted by Gasteiger charge is -2.31. The molecule has 1 saturated heterocycles. The van der Waals surface area contributed by atoms with Gasteiger partial charge < -0.3 is 14.2 Å². The van der Waals surface area contributed by atoms with Crippen LogP contribution in [-0.4, -0.2) is 46.0 Å². The topological polar surface area (TPSA) is 64.4 Å². The Morgan fingerprint density at radius 1 is 1.33 bits per heavy atom. The minimum absolute atomic E-state index is 0.238. The molecule has 0 atom stereocenters. The fourth-order valence-electron chi connectivity index (χ4n) is 2.74. The first-order chi connectivity index (χ1) is 10.2. The summed E-state index contributed by atoms with van der Waals surface area (Å²) in [6.45, 7) is 6.22. The summed E-state index contributed by atoms with van der Waals surface area (Å²) in [5.41, 5.74) is 0. The number of likely N-dealkylation sites (tertiary alicyclic amines) is 1. The maximum Gasteiger partial charge on any atom is 0.397 e. The van der Waals surface area contributed by atoms with Crippen LogP contribution >= 0.6 is 0 Å². The average Bonchev–Trinajstić information content (AvgIpc) is 2.94. The number of carbonyl (C=O) groups excluding carboxylic acids is 2. The van der Waals surface area contributed by atoms with Gasteiger partial charge in [-0.25, -0.2) is 9.78 Å². The summed E-state index contributed by atoms with van der Waals surface area (Å²) < 4.78 is 6.94. The molecule has 2 heterocycles. The molecule has 1 aliphatic rings. The number of esters is 1. The number of aromatic nitrogens is 2. The fraction of sp³-hybridized carbons (Fsp3) is 0.667. The van der Waals surface area contributed by atoms with E-state index in [0.29, 0.717) is 19.0 Å². The van der Waals surface area contributed by atoms with Crippen molar-refractivity contribution < 1.29 is 14.3 Å². The second kappa shape index (κ2) is 7.24. The lowest BCUT2D eigenvalue weighted by atomic mass is 9.96. The summed E-state index contributed by atoms with van der Waals surface area (Å²) in [6, 6.07) is 0. The summed E-state index contributed by atoms with van der Waals surface area (Å²) in [5.74, 6) is 0.377. The molecule has 0 bridgehead atoms. The highest BCUT2D eigenvalue weighted by atomic mass is 16.5. The van der Waals surface area contributed by atoms with E-state index in [1.54, 1.807) is 11.8 Å². The Hall–Kier alpha value is -1.85. The predicted octanol–water partition coefficient (Wildman–Crippen LogP) is 1.25. The molecule has 6 nitrogen and oxygen atoms in total. The van der Waals surface area contributed by atoms with Crippen molar-refractivity contribution in [3.63, 3.8) is 0 Å². The molecule has 1 aliphatic heterocycles. The van der Waals surface area contributed by atoms with Crippen LogP contribution in [0.3, 0.4) is 0 Å². The number of hydrogen-bond acceptors (Lipinski definition) is 4. The number of carbonyl (C=O) groups is 2. The van der Waals surface area contributed by atoms with Crippen LogP contribution < -0.4 is 0 Å². The first kappa shape index (κ1) is 15.5. The molecule has 0 spiro atoms. The SMILES string of the molecule is CCOC(=O)C(=O)N1CCC(Cn2ccnc2CC)CC1. The largest absolute Gasteiger partial charge is 0.459 e. The zero-order chi connectivity index (χ0) is 15.2. The Kier molecular flexibility index (Phi) is 5.36. The fourth-order valence-corrected chi connectivity index (χ4v) is 2.74. The first-order valence-corrected chi connectivity index (χ1v) is 7.61. The Bertz CT molecular complexity index is 490. The molecular formula is C15H23N3O3. The number of nitrogens with zero attached hydrogens (tertiary/aromatic N) is 3. The number of aryl methyl sites for hydroxylation is 1. The molecule has 116 valence electrons. The van der Waals surface area contributed by atoms with Gasteiger partial charge in [0.15, 0.2) is 0 Å². The molecule has 6 heteroatoms. The Balaban J connectivity index is 1.83. The van der Waals surface area contributed by atoms with Crippen molar-refractivity contribution in [2.24, 2.45) is 5.92 Å². The second-order valence-electron chi connectivity index (χ2n) is 5.31. The van der Waals surface area contributed by atoms with Crippen LogP contribution in [0.5, 0.6) is 0 Å². The number of ether oxygens (including phenoxy) is 1. The van der Waals surface area contributed by atoms with Crippen molar-refractivity contribution in [3.8, 4) is 0 Å². The molecule has 1 aromatic rings. The summed E-state index contributed by atoms with van der Waals surface area (Å²) >= 11 is 0. The minimum Gasteiger partial charge on any atom is -0.459 e. The quantitative estimate of drug-likeness (QED) is 0.619. The van der Waals surface area contributed by atoms with Crippen molar-refractivity contribution >= 4 is 11.9 Å². The third-order valence-electron chi connectivity index (χ3n) is 3.92. The average molecular weight is 293 g/mol. The molecule has 1 aromatic heterocycles. The van der Waals surface area contributed by atoms with Gasteiger partial charge >= 0.3 is 11.9 Å². The highest BCUT2D eigenvalue weighted by molar-refractivity contribution is 6.32. The van der Waals surface area contributed by atoms with Crippen LogP contribution in [0, 0.1) is 5.92 Å². The number of rotatable bonds is 4. The number of amides is 1. The Labute approximate surface area is 125 Å². The van der Waals surface area contributed by atoms with Crippen LogP contribution in [0.2, 0.25) is 0 Å². The van der Waals surface area contributed by atoms with Crippen LogP contribution in [0.4, 0.5) is 0 Å². The standard InChI is InChI=1S/C15H23N3O3/c1-3-13-16-7-10-18(13)11-12-5-8-17(9-6-12)14(19)15(20)21-4-2/h7,10,12H,3-6,8-9,11H2,1-2H3. The summed E-state index contributed by atoms with van der Waals surface area (Å²) in [7, 11) is 0. The van der Waals surface area contributed by atoms with Crippen molar-refractivity contribution in [1.29, 1.82) is 0 Å². The molecule has 0 N–H and O–H groups in total. The molecule has 0 unspecified atom stereocenters. The van der Waals surface area contributed by atoms with E-state index in [9.17, 15) is 9.59 Å². The van der Waals surface area contributed by atoms with Crippen LogP contribution in [-0.2, 0) is 27.3 Å². The van der Waals surface area contributed by atoms with Gasteiger partial charge in [0, 0.05) is 38.4 Å². The Morgan fingerprint density at radius 3 is 2.67 bits per heavy atom. The highest BCUT2D eigenvalue weighted by Gasteiger charge is 2.28. The highest BCUT2D eigenvalue weighted by Crippen LogP contribution is 2.20. The number of imidazole rings is 1. The van der Waals surface area contributed by atoms with Crippen LogP contribution in [0.1, 0.15) is 32.5 Å². The van der Waals surface area contributed by atoms with Crippen LogP contribution in [0.25, 0.3) is 0 Å². The van der Waals surface area contributed by atoms with E-state index in [0.717, 1.165) is 31.6 Å². The van der Waals surface area contributed by atoms with Gasteiger partial charge in [-0.15, -0.1) is 0 Å². The maximum atomic E-state index is 11.8.